The van der Waals surface area contributed by atoms with Crippen LogP contribution in [0, 0.1) is 5.41 Å². The van der Waals surface area contributed by atoms with Crippen molar-refractivity contribution in [3.63, 3.8) is 0 Å². The Morgan fingerprint density at radius 3 is 2.44 bits per heavy atom. The van der Waals surface area contributed by atoms with Crippen LogP contribution in [0.25, 0.3) is 0 Å². The minimum Gasteiger partial charge on any atom is -0.390 e. The second kappa shape index (κ2) is 6.43. The fourth-order valence-electron chi connectivity index (χ4n) is 2.44. The molecule has 0 atom stereocenters. The molecular weight excluding hydrogens is 242 g/mol. The highest BCUT2D eigenvalue weighted by Gasteiger charge is 2.34. The minimum absolute atomic E-state index is 0.199. The third-order valence-electron chi connectivity index (χ3n) is 3.66. The standard InChI is InChI=1S/C12H22F2N2O2/c13-12(14,9-17)8-16-10(18)6-11(7-15)4-2-1-3-5-11/h17H,1-9,15H2,(H,16,18). The van der Waals surface area contributed by atoms with Gasteiger partial charge in [0.25, 0.3) is 5.92 Å². The van der Waals surface area contributed by atoms with E-state index in [1.807, 2.05) is 0 Å². The zero-order chi connectivity index (χ0) is 13.6. The lowest BCUT2D eigenvalue weighted by Gasteiger charge is -2.35. The number of carbonyl (C=O) groups excluding carboxylic acids is 1. The van der Waals surface area contributed by atoms with Crippen molar-refractivity contribution in [1.82, 2.24) is 5.32 Å². The Morgan fingerprint density at radius 2 is 1.94 bits per heavy atom. The van der Waals surface area contributed by atoms with Crippen LogP contribution in [0.2, 0.25) is 0 Å². The number of nitrogens with one attached hydrogen (secondary N) is 1. The summed E-state index contributed by atoms with van der Waals surface area (Å²) in [7, 11) is 0. The Hall–Kier alpha value is -0.750. The number of halogens is 2. The zero-order valence-corrected chi connectivity index (χ0v) is 10.6. The second-order valence-electron chi connectivity index (χ2n) is 5.23. The number of carbonyl (C=O) groups is 1. The molecule has 0 aromatic heterocycles. The Morgan fingerprint density at radius 1 is 1.33 bits per heavy atom. The topological polar surface area (TPSA) is 75.4 Å². The van der Waals surface area contributed by atoms with Crippen LogP contribution in [0.5, 0.6) is 0 Å². The lowest BCUT2D eigenvalue weighted by Crippen LogP contribution is -2.43. The van der Waals surface area contributed by atoms with Crippen molar-refractivity contribution in [2.45, 2.75) is 44.4 Å². The van der Waals surface area contributed by atoms with Gasteiger partial charge < -0.3 is 16.2 Å². The predicted molar refractivity (Wildman–Crippen MR) is 64.2 cm³/mol. The smallest absolute Gasteiger partial charge is 0.287 e. The normalized spacial score (nSPS) is 19.6. The van der Waals surface area contributed by atoms with Crippen molar-refractivity contribution in [2.75, 3.05) is 19.7 Å². The number of aliphatic hydroxyl groups is 1. The van der Waals surface area contributed by atoms with Gasteiger partial charge in [-0.05, 0) is 24.8 Å². The highest BCUT2D eigenvalue weighted by Crippen LogP contribution is 2.38. The zero-order valence-electron chi connectivity index (χ0n) is 10.6. The number of amides is 1. The van der Waals surface area contributed by atoms with Crippen molar-refractivity contribution < 1.29 is 18.7 Å². The number of aliphatic hydroxyl groups excluding tert-OH is 1. The van der Waals surface area contributed by atoms with E-state index in [2.05, 4.69) is 5.32 Å². The van der Waals surface area contributed by atoms with Gasteiger partial charge in [0.2, 0.25) is 5.91 Å². The van der Waals surface area contributed by atoms with Gasteiger partial charge in [-0.2, -0.15) is 0 Å². The first-order valence-corrected chi connectivity index (χ1v) is 6.38. The lowest BCUT2D eigenvalue weighted by molar-refractivity contribution is -0.126. The Bertz CT molecular complexity index is 279. The molecule has 106 valence electrons. The number of hydrogen-bond acceptors (Lipinski definition) is 3. The van der Waals surface area contributed by atoms with Crippen molar-refractivity contribution >= 4 is 5.91 Å². The molecule has 1 fully saturated rings. The average molecular weight is 264 g/mol. The molecule has 0 saturated heterocycles. The van der Waals surface area contributed by atoms with Gasteiger partial charge in [0, 0.05) is 6.42 Å². The summed E-state index contributed by atoms with van der Waals surface area (Å²) < 4.78 is 25.6. The molecule has 0 radical (unpaired) electrons. The monoisotopic (exact) mass is 264 g/mol. The van der Waals surface area contributed by atoms with Crippen molar-refractivity contribution in [1.29, 1.82) is 0 Å². The number of rotatable bonds is 6. The molecule has 6 heteroatoms. The molecule has 0 unspecified atom stereocenters. The molecule has 1 saturated carbocycles. The SMILES string of the molecule is NCC1(CC(=O)NCC(F)(F)CO)CCCCC1. The van der Waals surface area contributed by atoms with Crippen LogP contribution in [0.4, 0.5) is 8.78 Å². The van der Waals surface area contributed by atoms with E-state index in [4.69, 9.17) is 10.8 Å². The van der Waals surface area contributed by atoms with Crippen LogP contribution >= 0.6 is 0 Å². The summed E-state index contributed by atoms with van der Waals surface area (Å²) in [6, 6.07) is 0. The quantitative estimate of drug-likeness (QED) is 0.670. The van der Waals surface area contributed by atoms with Gasteiger partial charge in [-0.1, -0.05) is 19.3 Å². The van der Waals surface area contributed by atoms with Crippen LogP contribution in [-0.2, 0) is 4.79 Å². The minimum atomic E-state index is -3.25. The molecule has 0 aromatic rings. The van der Waals surface area contributed by atoms with Gasteiger partial charge in [-0.25, -0.2) is 8.78 Å². The van der Waals surface area contributed by atoms with Crippen molar-refractivity contribution in [2.24, 2.45) is 11.1 Å². The lowest BCUT2D eigenvalue weighted by atomic mass is 9.71. The summed E-state index contributed by atoms with van der Waals surface area (Å²) in [6.07, 6.45) is 5.19. The number of alkyl halides is 2. The Balaban J connectivity index is 2.42. The van der Waals surface area contributed by atoms with Gasteiger partial charge in [0.05, 0.1) is 6.54 Å². The fraction of sp³-hybridized carbons (Fsp3) is 0.917. The van der Waals surface area contributed by atoms with Crippen LogP contribution in [0.1, 0.15) is 38.5 Å². The summed E-state index contributed by atoms with van der Waals surface area (Å²) in [5.74, 6) is -3.66. The van der Waals surface area contributed by atoms with E-state index in [-0.39, 0.29) is 11.8 Å². The molecule has 4 nitrogen and oxygen atoms in total. The second-order valence-corrected chi connectivity index (χ2v) is 5.23. The van der Waals surface area contributed by atoms with Crippen molar-refractivity contribution in [3.8, 4) is 0 Å². The van der Waals surface area contributed by atoms with Crippen LogP contribution < -0.4 is 11.1 Å². The van der Waals surface area contributed by atoms with Gasteiger partial charge in [-0.3, -0.25) is 4.79 Å². The first-order valence-electron chi connectivity index (χ1n) is 6.38. The molecule has 0 bridgehead atoms. The Labute approximate surface area is 106 Å². The summed E-state index contributed by atoms with van der Waals surface area (Å²) in [5.41, 5.74) is 5.50. The maximum Gasteiger partial charge on any atom is 0.287 e. The van der Waals surface area contributed by atoms with E-state index in [1.165, 1.54) is 0 Å². The van der Waals surface area contributed by atoms with Gasteiger partial charge in [0.15, 0.2) is 0 Å². The molecule has 0 aliphatic heterocycles. The van der Waals surface area contributed by atoms with Crippen LogP contribution in [-0.4, -0.2) is 36.6 Å². The highest BCUT2D eigenvalue weighted by atomic mass is 19.3. The van der Waals surface area contributed by atoms with Gasteiger partial charge >= 0.3 is 0 Å². The van der Waals surface area contributed by atoms with E-state index in [0.717, 1.165) is 32.1 Å². The molecule has 0 heterocycles. The molecule has 1 amide bonds. The maximum absolute atomic E-state index is 12.8. The van der Waals surface area contributed by atoms with E-state index in [0.29, 0.717) is 6.54 Å². The van der Waals surface area contributed by atoms with Gasteiger partial charge in [0.1, 0.15) is 6.61 Å². The summed E-state index contributed by atoms with van der Waals surface area (Å²) in [4.78, 5) is 11.7. The molecule has 4 N–H and O–H groups in total. The van der Waals surface area contributed by atoms with Crippen molar-refractivity contribution in [3.05, 3.63) is 0 Å². The molecule has 0 aromatic carbocycles. The van der Waals surface area contributed by atoms with Gasteiger partial charge in [-0.15, -0.1) is 0 Å². The third-order valence-corrected chi connectivity index (χ3v) is 3.66. The molecule has 1 aliphatic rings. The summed E-state index contributed by atoms with van der Waals surface area (Å²) >= 11 is 0. The fourth-order valence-corrected chi connectivity index (χ4v) is 2.44. The largest absolute Gasteiger partial charge is 0.390 e. The average Bonchev–Trinajstić information content (AvgIpc) is 2.38. The molecular formula is C12H22F2N2O2. The van der Waals surface area contributed by atoms with E-state index in [9.17, 15) is 13.6 Å². The molecule has 1 rings (SSSR count). The van der Waals surface area contributed by atoms with Crippen LogP contribution in [0.3, 0.4) is 0 Å². The summed E-state index contributed by atoms with van der Waals surface area (Å²) in [6.45, 7) is -1.66. The number of nitrogens with two attached hydrogens (primary N) is 1. The predicted octanol–water partition coefficient (Wildman–Crippen LogP) is 1.03. The third kappa shape index (κ3) is 4.49. The number of hydrogen-bond donors (Lipinski definition) is 3. The molecule has 18 heavy (non-hydrogen) atoms. The van der Waals surface area contributed by atoms with E-state index < -0.39 is 25.0 Å². The Kier molecular flexibility index (Phi) is 5.47. The molecule has 1 aliphatic carbocycles. The van der Waals surface area contributed by atoms with Crippen LogP contribution in [0.15, 0.2) is 0 Å². The summed E-state index contributed by atoms with van der Waals surface area (Å²) in [5, 5.41) is 10.6. The van der Waals surface area contributed by atoms with E-state index in [1.54, 1.807) is 0 Å². The maximum atomic E-state index is 12.8. The first kappa shape index (κ1) is 15.3. The van der Waals surface area contributed by atoms with E-state index >= 15 is 0 Å². The highest BCUT2D eigenvalue weighted by molar-refractivity contribution is 5.76. The first-order chi connectivity index (χ1) is 8.43. The molecule has 0 spiro atoms.